The molecule has 1 N–H and O–H groups in total. The Bertz CT molecular complexity index is 389. The van der Waals surface area contributed by atoms with Crippen LogP contribution in [0.3, 0.4) is 0 Å². The summed E-state index contributed by atoms with van der Waals surface area (Å²) in [5.74, 6) is 1.14. The molecule has 1 aromatic rings. The summed E-state index contributed by atoms with van der Waals surface area (Å²) in [7, 11) is 0. The van der Waals surface area contributed by atoms with Gasteiger partial charge in [0.2, 0.25) is 0 Å². The molecule has 2 heteroatoms. The van der Waals surface area contributed by atoms with E-state index in [0.717, 1.165) is 34.9 Å². The molecule has 1 fully saturated rings. The minimum atomic E-state index is -0.351. The first-order valence-corrected chi connectivity index (χ1v) is 6.90. The van der Waals surface area contributed by atoms with Crippen molar-refractivity contribution in [3.05, 3.63) is 34.3 Å². The molecule has 0 amide bonds. The Labute approximate surface area is 109 Å². The standard InChI is InChI=1S/C15H21ClO/c1-10-4-3-5-12(8-10)15(17)13-7-6-11(2)14(16)9-13/h6-7,9-10,12,15,17H,3-5,8H2,1-2H3. The quantitative estimate of drug-likeness (QED) is 0.821. The van der Waals surface area contributed by atoms with Gasteiger partial charge >= 0.3 is 0 Å². The Hall–Kier alpha value is -0.530. The molecule has 3 unspecified atom stereocenters. The van der Waals surface area contributed by atoms with Crippen molar-refractivity contribution in [1.82, 2.24) is 0 Å². The van der Waals surface area contributed by atoms with Gasteiger partial charge in [0.05, 0.1) is 6.10 Å². The van der Waals surface area contributed by atoms with Crippen LogP contribution in [-0.2, 0) is 0 Å². The molecule has 1 nitrogen and oxygen atoms in total. The smallest absolute Gasteiger partial charge is 0.0818 e. The monoisotopic (exact) mass is 252 g/mol. The molecule has 3 atom stereocenters. The fourth-order valence-corrected chi connectivity index (χ4v) is 3.02. The lowest BCUT2D eigenvalue weighted by atomic mass is 9.78. The topological polar surface area (TPSA) is 20.2 Å². The highest BCUT2D eigenvalue weighted by atomic mass is 35.5. The molecule has 0 radical (unpaired) electrons. The first-order chi connectivity index (χ1) is 8.08. The Kier molecular flexibility index (Phi) is 4.11. The molecule has 1 aromatic carbocycles. The normalized spacial score (nSPS) is 26.8. The molecule has 1 aliphatic rings. The second-order valence-corrected chi connectivity index (χ2v) is 5.89. The Balaban J connectivity index is 2.12. The minimum absolute atomic E-state index is 0.351. The molecule has 1 aliphatic carbocycles. The SMILES string of the molecule is Cc1ccc(C(O)C2CCCC(C)C2)cc1Cl. The van der Waals surface area contributed by atoms with E-state index in [0.29, 0.717) is 5.92 Å². The highest BCUT2D eigenvalue weighted by molar-refractivity contribution is 6.31. The average Bonchev–Trinajstić information content (AvgIpc) is 2.32. The van der Waals surface area contributed by atoms with Crippen LogP contribution in [0.5, 0.6) is 0 Å². The van der Waals surface area contributed by atoms with Crippen molar-refractivity contribution in [3.63, 3.8) is 0 Å². The molecule has 2 rings (SSSR count). The van der Waals surface area contributed by atoms with E-state index in [1.54, 1.807) is 0 Å². The molecule has 0 heterocycles. The lowest BCUT2D eigenvalue weighted by Crippen LogP contribution is -2.20. The van der Waals surface area contributed by atoms with Crippen LogP contribution in [0.4, 0.5) is 0 Å². The number of hydrogen-bond donors (Lipinski definition) is 1. The van der Waals surface area contributed by atoms with Crippen LogP contribution >= 0.6 is 11.6 Å². The van der Waals surface area contributed by atoms with Gasteiger partial charge in [-0.05, 0) is 48.8 Å². The molecular weight excluding hydrogens is 232 g/mol. The fraction of sp³-hybridized carbons (Fsp3) is 0.600. The van der Waals surface area contributed by atoms with Crippen molar-refractivity contribution in [1.29, 1.82) is 0 Å². The summed E-state index contributed by atoms with van der Waals surface area (Å²) in [5, 5.41) is 11.2. The van der Waals surface area contributed by atoms with E-state index < -0.39 is 0 Å². The summed E-state index contributed by atoms with van der Waals surface area (Å²) in [5.41, 5.74) is 2.04. The largest absolute Gasteiger partial charge is 0.388 e. The van der Waals surface area contributed by atoms with E-state index in [4.69, 9.17) is 11.6 Å². The van der Waals surface area contributed by atoms with Crippen LogP contribution in [0.2, 0.25) is 5.02 Å². The third kappa shape index (κ3) is 3.02. The average molecular weight is 253 g/mol. The Morgan fingerprint density at radius 1 is 1.35 bits per heavy atom. The van der Waals surface area contributed by atoms with E-state index >= 15 is 0 Å². The van der Waals surface area contributed by atoms with Crippen LogP contribution in [0, 0.1) is 18.8 Å². The van der Waals surface area contributed by atoms with Crippen LogP contribution in [0.1, 0.15) is 49.8 Å². The first-order valence-electron chi connectivity index (χ1n) is 6.52. The zero-order valence-electron chi connectivity index (χ0n) is 10.6. The third-order valence-corrected chi connectivity index (χ3v) is 4.37. The van der Waals surface area contributed by atoms with E-state index in [9.17, 15) is 5.11 Å². The molecule has 0 saturated heterocycles. The number of benzene rings is 1. The van der Waals surface area contributed by atoms with Crippen LogP contribution in [0.25, 0.3) is 0 Å². The Morgan fingerprint density at radius 3 is 2.76 bits per heavy atom. The maximum absolute atomic E-state index is 10.4. The van der Waals surface area contributed by atoms with Crippen molar-refractivity contribution >= 4 is 11.6 Å². The summed E-state index contributed by atoms with van der Waals surface area (Å²) in [6.07, 6.45) is 4.46. The zero-order valence-corrected chi connectivity index (χ0v) is 11.4. The van der Waals surface area contributed by atoms with Gasteiger partial charge in [-0.25, -0.2) is 0 Å². The lowest BCUT2D eigenvalue weighted by molar-refractivity contribution is 0.0714. The van der Waals surface area contributed by atoms with Crippen molar-refractivity contribution in [2.45, 2.75) is 45.6 Å². The summed E-state index contributed by atoms with van der Waals surface area (Å²) >= 11 is 6.11. The molecule has 0 spiro atoms. The summed E-state index contributed by atoms with van der Waals surface area (Å²) < 4.78 is 0. The number of hydrogen-bond acceptors (Lipinski definition) is 1. The van der Waals surface area contributed by atoms with Crippen molar-refractivity contribution in [2.24, 2.45) is 11.8 Å². The summed E-state index contributed by atoms with van der Waals surface area (Å²) in [6.45, 7) is 4.27. The second kappa shape index (κ2) is 5.41. The van der Waals surface area contributed by atoms with Gasteiger partial charge in [-0.2, -0.15) is 0 Å². The van der Waals surface area contributed by atoms with Crippen molar-refractivity contribution < 1.29 is 5.11 Å². The predicted molar refractivity (Wildman–Crippen MR) is 72.3 cm³/mol. The fourth-order valence-electron chi connectivity index (χ4n) is 2.83. The molecule has 0 aromatic heterocycles. The van der Waals surface area contributed by atoms with E-state index in [1.807, 2.05) is 25.1 Å². The third-order valence-electron chi connectivity index (χ3n) is 3.96. The van der Waals surface area contributed by atoms with E-state index in [1.165, 1.54) is 12.8 Å². The number of halogens is 1. The van der Waals surface area contributed by atoms with Gasteiger partial charge in [-0.1, -0.05) is 43.5 Å². The Morgan fingerprint density at radius 2 is 2.12 bits per heavy atom. The molecule has 1 saturated carbocycles. The van der Waals surface area contributed by atoms with Gasteiger partial charge in [0, 0.05) is 5.02 Å². The predicted octanol–water partition coefficient (Wildman–Crippen LogP) is 4.51. The van der Waals surface area contributed by atoms with Gasteiger partial charge in [0.15, 0.2) is 0 Å². The van der Waals surface area contributed by atoms with Gasteiger partial charge in [0.1, 0.15) is 0 Å². The van der Waals surface area contributed by atoms with Gasteiger partial charge in [-0.15, -0.1) is 0 Å². The number of aliphatic hydroxyl groups excluding tert-OH is 1. The van der Waals surface area contributed by atoms with Gasteiger partial charge in [-0.3, -0.25) is 0 Å². The lowest BCUT2D eigenvalue weighted by Gasteiger charge is -2.30. The number of aliphatic hydroxyl groups is 1. The molecule has 94 valence electrons. The minimum Gasteiger partial charge on any atom is -0.388 e. The van der Waals surface area contributed by atoms with Gasteiger partial charge < -0.3 is 5.11 Å². The molecule has 0 bridgehead atoms. The van der Waals surface area contributed by atoms with E-state index in [2.05, 4.69) is 6.92 Å². The maximum Gasteiger partial charge on any atom is 0.0818 e. The first kappa shape index (κ1) is 12.9. The summed E-state index contributed by atoms with van der Waals surface area (Å²) in [6, 6.07) is 5.92. The second-order valence-electron chi connectivity index (χ2n) is 5.49. The van der Waals surface area contributed by atoms with E-state index in [-0.39, 0.29) is 6.10 Å². The zero-order chi connectivity index (χ0) is 12.4. The summed E-state index contributed by atoms with van der Waals surface area (Å²) in [4.78, 5) is 0. The van der Waals surface area contributed by atoms with Crippen LogP contribution in [-0.4, -0.2) is 5.11 Å². The highest BCUT2D eigenvalue weighted by Gasteiger charge is 2.26. The van der Waals surface area contributed by atoms with Gasteiger partial charge in [0.25, 0.3) is 0 Å². The number of rotatable bonds is 2. The van der Waals surface area contributed by atoms with Crippen LogP contribution < -0.4 is 0 Å². The molecule has 0 aliphatic heterocycles. The number of aryl methyl sites for hydroxylation is 1. The molecule has 17 heavy (non-hydrogen) atoms. The maximum atomic E-state index is 10.4. The van der Waals surface area contributed by atoms with Crippen molar-refractivity contribution in [3.8, 4) is 0 Å². The van der Waals surface area contributed by atoms with Crippen LogP contribution in [0.15, 0.2) is 18.2 Å². The highest BCUT2D eigenvalue weighted by Crippen LogP contribution is 2.37. The molecular formula is C15H21ClO. The van der Waals surface area contributed by atoms with Crippen molar-refractivity contribution in [2.75, 3.05) is 0 Å².